The molecule has 0 radical (unpaired) electrons. The standard InChI is InChI=1S/C12H16N2/c1-9(2)14-6-5-10-7-12(13)4-3-11(10)8-14/h3-7,9H,8,13H2,1-2H3. The number of nitrogens with zero attached hydrogens (tertiary/aromatic N) is 1. The van der Waals surface area contributed by atoms with Gasteiger partial charge in [0.15, 0.2) is 0 Å². The second-order valence-corrected chi connectivity index (χ2v) is 4.04. The number of nitrogen functional groups attached to an aromatic ring is 1. The molecule has 0 saturated carbocycles. The van der Waals surface area contributed by atoms with E-state index in [1.165, 1.54) is 11.1 Å². The molecule has 0 saturated heterocycles. The number of nitrogens with two attached hydrogens (primary N) is 1. The normalized spacial score (nSPS) is 14.6. The Labute approximate surface area is 85.0 Å². The maximum atomic E-state index is 5.73. The van der Waals surface area contributed by atoms with Crippen LogP contribution in [0.4, 0.5) is 5.69 Å². The SMILES string of the molecule is CC(C)N1C=Cc2cc(N)ccc2C1. The van der Waals surface area contributed by atoms with Crippen LogP contribution in [0.1, 0.15) is 25.0 Å². The van der Waals surface area contributed by atoms with E-state index in [9.17, 15) is 0 Å². The van der Waals surface area contributed by atoms with Gasteiger partial charge in [-0.2, -0.15) is 0 Å². The van der Waals surface area contributed by atoms with Crippen molar-refractivity contribution in [2.45, 2.75) is 26.4 Å². The highest BCUT2D eigenvalue weighted by atomic mass is 15.1. The number of anilines is 1. The average molecular weight is 188 g/mol. The van der Waals surface area contributed by atoms with Crippen molar-refractivity contribution >= 4 is 11.8 Å². The molecule has 74 valence electrons. The van der Waals surface area contributed by atoms with Gasteiger partial charge in [-0.15, -0.1) is 0 Å². The van der Waals surface area contributed by atoms with E-state index < -0.39 is 0 Å². The lowest BCUT2D eigenvalue weighted by molar-refractivity contribution is 0.302. The molecule has 14 heavy (non-hydrogen) atoms. The van der Waals surface area contributed by atoms with Crippen LogP contribution in [0.3, 0.4) is 0 Å². The van der Waals surface area contributed by atoms with E-state index >= 15 is 0 Å². The van der Waals surface area contributed by atoms with Crippen LogP contribution in [0, 0.1) is 0 Å². The van der Waals surface area contributed by atoms with Crippen molar-refractivity contribution < 1.29 is 0 Å². The molecule has 0 aliphatic carbocycles. The Morgan fingerprint density at radius 1 is 1.36 bits per heavy atom. The molecule has 1 heterocycles. The molecule has 0 amide bonds. The van der Waals surface area contributed by atoms with Gasteiger partial charge in [0.1, 0.15) is 0 Å². The number of hydrogen-bond acceptors (Lipinski definition) is 2. The van der Waals surface area contributed by atoms with Crippen LogP contribution < -0.4 is 5.73 Å². The fourth-order valence-corrected chi connectivity index (χ4v) is 1.69. The molecule has 0 atom stereocenters. The summed E-state index contributed by atoms with van der Waals surface area (Å²) in [6.07, 6.45) is 4.28. The molecule has 2 N–H and O–H groups in total. The molecule has 0 fully saturated rings. The Morgan fingerprint density at radius 2 is 2.14 bits per heavy atom. The molecule has 0 spiro atoms. The van der Waals surface area contributed by atoms with Gasteiger partial charge >= 0.3 is 0 Å². The molecular weight excluding hydrogens is 172 g/mol. The minimum Gasteiger partial charge on any atom is -0.399 e. The highest BCUT2D eigenvalue weighted by molar-refractivity contribution is 5.60. The highest BCUT2D eigenvalue weighted by Crippen LogP contribution is 2.22. The van der Waals surface area contributed by atoms with Crippen molar-refractivity contribution in [3.63, 3.8) is 0 Å². The number of hydrogen-bond donors (Lipinski definition) is 1. The molecular formula is C12H16N2. The van der Waals surface area contributed by atoms with E-state index in [2.05, 4.69) is 37.1 Å². The van der Waals surface area contributed by atoms with Crippen molar-refractivity contribution in [1.29, 1.82) is 0 Å². The molecule has 0 unspecified atom stereocenters. The summed E-state index contributed by atoms with van der Waals surface area (Å²) in [5, 5.41) is 0. The van der Waals surface area contributed by atoms with E-state index in [1.807, 2.05) is 12.1 Å². The zero-order valence-electron chi connectivity index (χ0n) is 8.70. The zero-order valence-corrected chi connectivity index (χ0v) is 8.70. The zero-order chi connectivity index (χ0) is 10.1. The Balaban J connectivity index is 2.31. The Kier molecular flexibility index (Phi) is 2.20. The van der Waals surface area contributed by atoms with Crippen molar-refractivity contribution in [1.82, 2.24) is 4.90 Å². The lowest BCUT2D eigenvalue weighted by Crippen LogP contribution is -2.26. The summed E-state index contributed by atoms with van der Waals surface area (Å²) < 4.78 is 0. The fraction of sp³-hybridized carbons (Fsp3) is 0.333. The molecule has 1 aromatic carbocycles. The van der Waals surface area contributed by atoms with Crippen LogP contribution in [0.5, 0.6) is 0 Å². The molecule has 0 aromatic heterocycles. The first-order chi connectivity index (χ1) is 6.66. The molecule has 1 aliphatic heterocycles. The van der Waals surface area contributed by atoms with Gasteiger partial charge in [0.25, 0.3) is 0 Å². The Bertz CT molecular complexity index is 367. The van der Waals surface area contributed by atoms with E-state index in [1.54, 1.807) is 0 Å². The van der Waals surface area contributed by atoms with E-state index in [0.717, 1.165) is 12.2 Å². The summed E-state index contributed by atoms with van der Waals surface area (Å²) >= 11 is 0. The van der Waals surface area contributed by atoms with Crippen molar-refractivity contribution in [2.24, 2.45) is 0 Å². The summed E-state index contributed by atoms with van der Waals surface area (Å²) in [6, 6.07) is 6.67. The summed E-state index contributed by atoms with van der Waals surface area (Å²) in [4.78, 5) is 2.32. The first-order valence-electron chi connectivity index (χ1n) is 4.99. The van der Waals surface area contributed by atoms with E-state index in [4.69, 9.17) is 5.73 Å². The second-order valence-electron chi connectivity index (χ2n) is 4.04. The minimum atomic E-state index is 0.553. The van der Waals surface area contributed by atoms with Gasteiger partial charge in [0, 0.05) is 24.5 Å². The third-order valence-corrected chi connectivity index (χ3v) is 2.63. The van der Waals surface area contributed by atoms with E-state index in [0.29, 0.717) is 6.04 Å². The van der Waals surface area contributed by atoms with Gasteiger partial charge in [-0.3, -0.25) is 0 Å². The predicted molar refractivity (Wildman–Crippen MR) is 60.6 cm³/mol. The Morgan fingerprint density at radius 3 is 2.86 bits per heavy atom. The fourth-order valence-electron chi connectivity index (χ4n) is 1.69. The van der Waals surface area contributed by atoms with Gasteiger partial charge in [-0.05, 0) is 43.2 Å². The third-order valence-electron chi connectivity index (χ3n) is 2.63. The quantitative estimate of drug-likeness (QED) is 0.686. The summed E-state index contributed by atoms with van der Waals surface area (Å²) in [7, 11) is 0. The lowest BCUT2D eigenvalue weighted by atomic mass is 10.0. The first kappa shape index (κ1) is 9.13. The first-order valence-corrected chi connectivity index (χ1v) is 4.99. The molecule has 2 rings (SSSR count). The van der Waals surface area contributed by atoms with Gasteiger partial charge < -0.3 is 10.6 Å². The van der Waals surface area contributed by atoms with Crippen LogP contribution >= 0.6 is 0 Å². The van der Waals surface area contributed by atoms with Crippen LogP contribution in [-0.2, 0) is 6.54 Å². The van der Waals surface area contributed by atoms with Crippen LogP contribution in [0.2, 0.25) is 0 Å². The second kappa shape index (κ2) is 3.37. The predicted octanol–water partition coefficient (Wildman–Crippen LogP) is 2.46. The van der Waals surface area contributed by atoms with Gasteiger partial charge in [0.2, 0.25) is 0 Å². The topological polar surface area (TPSA) is 29.3 Å². The van der Waals surface area contributed by atoms with Crippen LogP contribution in [0.15, 0.2) is 24.4 Å². The van der Waals surface area contributed by atoms with Crippen molar-refractivity contribution in [3.8, 4) is 0 Å². The van der Waals surface area contributed by atoms with E-state index in [-0.39, 0.29) is 0 Å². The molecule has 1 aromatic rings. The summed E-state index contributed by atoms with van der Waals surface area (Å²) in [6.45, 7) is 5.39. The third kappa shape index (κ3) is 1.60. The minimum absolute atomic E-state index is 0.553. The van der Waals surface area contributed by atoms with Crippen molar-refractivity contribution in [2.75, 3.05) is 5.73 Å². The smallest absolute Gasteiger partial charge is 0.0432 e. The summed E-state index contributed by atoms with van der Waals surface area (Å²) in [5.74, 6) is 0. The summed E-state index contributed by atoms with van der Waals surface area (Å²) in [5.41, 5.74) is 9.18. The molecule has 1 aliphatic rings. The molecule has 0 bridgehead atoms. The largest absolute Gasteiger partial charge is 0.399 e. The highest BCUT2D eigenvalue weighted by Gasteiger charge is 2.12. The number of fused-ring (bicyclic) bond motifs is 1. The van der Waals surface area contributed by atoms with Crippen LogP contribution in [-0.4, -0.2) is 10.9 Å². The van der Waals surface area contributed by atoms with Crippen molar-refractivity contribution in [3.05, 3.63) is 35.5 Å². The van der Waals surface area contributed by atoms with Gasteiger partial charge in [0.05, 0.1) is 0 Å². The molecule has 2 nitrogen and oxygen atoms in total. The maximum Gasteiger partial charge on any atom is 0.0432 e. The number of rotatable bonds is 1. The van der Waals surface area contributed by atoms with Gasteiger partial charge in [-0.25, -0.2) is 0 Å². The monoisotopic (exact) mass is 188 g/mol. The lowest BCUT2D eigenvalue weighted by Gasteiger charge is -2.29. The number of benzene rings is 1. The van der Waals surface area contributed by atoms with Crippen LogP contribution in [0.25, 0.3) is 6.08 Å². The maximum absolute atomic E-state index is 5.73. The Hall–Kier alpha value is -1.44. The molecule has 2 heteroatoms. The average Bonchev–Trinajstić information content (AvgIpc) is 2.16. The van der Waals surface area contributed by atoms with Gasteiger partial charge in [-0.1, -0.05) is 6.07 Å².